The first-order valence-corrected chi connectivity index (χ1v) is 7.96. The average Bonchev–Trinajstić information content (AvgIpc) is 2.53. The smallest absolute Gasteiger partial charge is 0.0761 e. The molecule has 2 aromatic carbocycles. The molecule has 1 heterocycles. The van der Waals surface area contributed by atoms with E-state index in [1.165, 1.54) is 10.3 Å². The van der Waals surface area contributed by atoms with Crippen LogP contribution in [0.2, 0.25) is 0 Å². The summed E-state index contributed by atoms with van der Waals surface area (Å²) < 4.78 is 0. The molecule has 3 heteroatoms. The van der Waals surface area contributed by atoms with Gasteiger partial charge in [-0.2, -0.15) is 0 Å². The van der Waals surface area contributed by atoms with Crippen molar-refractivity contribution in [3.05, 3.63) is 71.9 Å². The van der Waals surface area contributed by atoms with Gasteiger partial charge in [0.25, 0.3) is 0 Å². The molecule has 1 unspecified atom stereocenters. The van der Waals surface area contributed by atoms with E-state index >= 15 is 0 Å². The third-order valence-electron chi connectivity index (χ3n) is 3.41. The van der Waals surface area contributed by atoms with Crippen molar-refractivity contribution in [3.8, 4) is 0 Å². The number of rotatable bonds is 4. The van der Waals surface area contributed by atoms with Gasteiger partial charge in [-0.1, -0.05) is 36.4 Å². The van der Waals surface area contributed by atoms with E-state index in [4.69, 9.17) is 0 Å². The number of fused-ring (bicyclic) bond motifs is 1. The van der Waals surface area contributed by atoms with E-state index in [1.54, 1.807) is 18.7 Å². The Balaban J connectivity index is 1.71. The first kappa shape index (κ1) is 14.1. The summed E-state index contributed by atoms with van der Waals surface area (Å²) in [5.41, 5.74) is 3.07. The van der Waals surface area contributed by atoms with Gasteiger partial charge in [-0.05, 0) is 36.8 Å². The maximum Gasteiger partial charge on any atom is 0.0761 e. The SMILES string of the molecule is CC(O)c1ccc(SCc2ccc3ccccc3n2)cc1. The first-order chi connectivity index (χ1) is 10.2. The van der Waals surface area contributed by atoms with Gasteiger partial charge in [0.2, 0.25) is 0 Å². The third kappa shape index (κ3) is 3.43. The molecular weight excluding hydrogens is 278 g/mol. The highest BCUT2D eigenvalue weighted by atomic mass is 32.2. The van der Waals surface area contributed by atoms with Crippen molar-refractivity contribution < 1.29 is 5.11 Å². The van der Waals surface area contributed by atoms with E-state index in [0.29, 0.717) is 0 Å². The van der Waals surface area contributed by atoms with Crippen LogP contribution in [0.5, 0.6) is 0 Å². The second-order valence-corrected chi connectivity index (χ2v) is 6.08. The van der Waals surface area contributed by atoms with E-state index in [2.05, 4.69) is 23.2 Å². The van der Waals surface area contributed by atoms with Crippen LogP contribution in [-0.4, -0.2) is 10.1 Å². The van der Waals surface area contributed by atoms with Gasteiger partial charge in [0.05, 0.1) is 17.3 Å². The lowest BCUT2D eigenvalue weighted by molar-refractivity contribution is 0.199. The highest BCUT2D eigenvalue weighted by Crippen LogP contribution is 2.24. The van der Waals surface area contributed by atoms with Gasteiger partial charge < -0.3 is 5.11 Å². The Morgan fingerprint density at radius 2 is 1.76 bits per heavy atom. The van der Waals surface area contributed by atoms with Crippen LogP contribution < -0.4 is 0 Å². The molecule has 0 saturated carbocycles. The molecule has 0 aliphatic carbocycles. The number of thioether (sulfide) groups is 1. The zero-order chi connectivity index (χ0) is 14.7. The van der Waals surface area contributed by atoms with Crippen LogP contribution in [0, 0.1) is 0 Å². The molecule has 0 saturated heterocycles. The predicted molar refractivity (Wildman–Crippen MR) is 88.4 cm³/mol. The van der Waals surface area contributed by atoms with Crippen LogP contribution in [0.3, 0.4) is 0 Å². The summed E-state index contributed by atoms with van der Waals surface area (Å²) in [4.78, 5) is 5.86. The lowest BCUT2D eigenvalue weighted by Gasteiger charge is -2.06. The number of hydrogen-bond donors (Lipinski definition) is 1. The molecule has 0 aliphatic heterocycles. The minimum absolute atomic E-state index is 0.411. The Kier molecular flexibility index (Phi) is 4.23. The topological polar surface area (TPSA) is 33.1 Å². The maximum atomic E-state index is 9.51. The van der Waals surface area contributed by atoms with Crippen LogP contribution in [0.15, 0.2) is 65.6 Å². The van der Waals surface area contributed by atoms with Crippen molar-refractivity contribution in [1.29, 1.82) is 0 Å². The number of para-hydroxylation sites is 1. The monoisotopic (exact) mass is 295 g/mol. The van der Waals surface area contributed by atoms with E-state index in [-0.39, 0.29) is 0 Å². The summed E-state index contributed by atoms with van der Waals surface area (Å²) in [6.07, 6.45) is -0.411. The molecule has 0 fully saturated rings. The standard InChI is InChI=1S/C18H17NOS/c1-13(20)14-7-10-17(11-8-14)21-12-16-9-6-15-4-2-3-5-18(15)19-16/h2-11,13,20H,12H2,1H3. The van der Waals surface area contributed by atoms with Crippen molar-refractivity contribution in [3.63, 3.8) is 0 Å². The lowest BCUT2D eigenvalue weighted by Crippen LogP contribution is -1.90. The van der Waals surface area contributed by atoms with Crippen LogP contribution in [0.25, 0.3) is 10.9 Å². The Morgan fingerprint density at radius 1 is 1.00 bits per heavy atom. The first-order valence-electron chi connectivity index (χ1n) is 6.98. The largest absolute Gasteiger partial charge is 0.389 e. The molecular formula is C18H17NOS. The molecule has 1 atom stereocenters. The fraction of sp³-hybridized carbons (Fsp3) is 0.167. The molecule has 0 aliphatic rings. The van der Waals surface area contributed by atoms with Gasteiger partial charge >= 0.3 is 0 Å². The highest BCUT2D eigenvalue weighted by molar-refractivity contribution is 7.98. The van der Waals surface area contributed by atoms with Crippen molar-refractivity contribution in [1.82, 2.24) is 4.98 Å². The summed E-state index contributed by atoms with van der Waals surface area (Å²) >= 11 is 1.76. The molecule has 0 bridgehead atoms. The molecule has 0 spiro atoms. The third-order valence-corrected chi connectivity index (χ3v) is 4.45. The van der Waals surface area contributed by atoms with Gasteiger partial charge in [0, 0.05) is 16.0 Å². The molecule has 21 heavy (non-hydrogen) atoms. The zero-order valence-corrected chi connectivity index (χ0v) is 12.7. The molecule has 2 nitrogen and oxygen atoms in total. The zero-order valence-electron chi connectivity index (χ0n) is 11.9. The number of aliphatic hydroxyl groups excluding tert-OH is 1. The van der Waals surface area contributed by atoms with Crippen molar-refractivity contribution in [2.45, 2.75) is 23.7 Å². The molecule has 1 N–H and O–H groups in total. The Labute approximate surface area is 128 Å². The molecule has 3 rings (SSSR count). The van der Waals surface area contributed by atoms with Gasteiger partial charge in [0.1, 0.15) is 0 Å². The minimum atomic E-state index is -0.411. The average molecular weight is 295 g/mol. The van der Waals surface area contributed by atoms with Gasteiger partial charge in [-0.25, -0.2) is 0 Å². The second kappa shape index (κ2) is 6.29. The minimum Gasteiger partial charge on any atom is -0.389 e. The summed E-state index contributed by atoms with van der Waals surface area (Å²) in [5.74, 6) is 0.846. The number of aliphatic hydroxyl groups is 1. The number of aromatic nitrogens is 1. The van der Waals surface area contributed by atoms with Crippen molar-refractivity contribution in [2.24, 2.45) is 0 Å². The Hall–Kier alpha value is -1.84. The summed E-state index contributed by atoms with van der Waals surface area (Å²) in [6, 6.07) is 20.4. The summed E-state index contributed by atoms with van der Waals surface area (Å²) in [7, 11) is 0. The number of pyridine rings is 1. The fourth-order valence-electron chi connectivity index (χ4n) is 2.19. The van der Waals surface area contributed by atoms with Crippen LogP contribution in [0.4, 0.5) is 0 Å². The molecule has 0 amide bonds. The fourth-order valence-corrected chi connectivity index (χ4v) is 2.99. The van der Waals surface area contributed by atoms with Gasteiger partial charge in [-0.3, -0.25) is 4.98 Å². The van der Waals surface area contributed by atoms with Crippen molar-refractivity contribution >= 4 is 22.7 Å². The van der Waals surface area contributed by atoms with Crippen LogP contribution >= 0.6 is 11.8 Å². The van der Waals surface area contributed by atoms with Crippen molar-refractivity contribution in [2.75, 3.05) is 0 Å². The second-order valence-electron chi connectivity index (χ2n) is 5.03. The number of nitrogens with zero attached hydrogens (tertiary/aromatic N) is 1. The molecule has 3 aromatic rings. The van der Waals surface area contributed by atoms with Gasteiger partial charge in [-0.15, -0.1) is 11.8 Å². The quantitative estimate of drug-likeness (QED) is 0.715. The highest BCUT2D eigenvalue weighted by Gasteiger charge is 2.02. The van der Waals surface area contributed by atoms with E-state index in [1.807, 2.05) is 42.5 Å². The summed E-state index contributed by atoms with van der Waals surface area (Å²) in [5, 5.41) is 10.7. The Morgan fingerprint density at radius 3 is 2.52 bits per heavy atom. The van der Waals surface area contributed by atoms with Crippen LogP contribution in [0.1, 0.15) is 24.3 Å². The van der Waals surface area contributed by atoms with E-state index in [9.17, 15) is 5.11 Å². The molecule has 1 aromatic heterocycles. The number of hydrogen-bond acceptors (Lipinski definition) is 3. The van der Waals surface area contributed by atoms with Crippen LogP contribution in [-0.2, 0) is 5.75 Å². The molecule has 106 valence electrons. The molecule has 0 radical (unpaired) electrons. The summed E-state index contributed by atoms with van der Waals surface area (Å²) in [6.45, 7) is 1.78. The number of benzene rings is 2. The van der Waals surface area contributed by atoms with E-state index in [0.717, 1.165) is 22.5 Å². The predicted octanol–water partition coefficient (Wildman–Crippen LogP) is 4.58. The van der Waals surface area contributed by atoms with Gasteiger partial charge in [0.15, 0.2) is 0 Å². The normalized spacial score (nSPS) is 12.5. The Bertz CT molecular complexity index is 738. The van der Waals surface area contributed by atoms with E-state index < -0.39 is 6.10 Å². The maximum absolute atomic E-state index is 9.51. The lowest BCUT2D eigenvalue weighted by atomic mass is 10.1.